The average molecular weight is 497 g/mol. The highest BCUT2D eigenvalue weighted by Crippen LogP contribution is 2.35. The predicted octanol–water partition coefficient (Wildman–Crippen LogP) is 6.44. The van der Waals surface area contributed by atoms with Gasteiger partial charge in [0.2, 0.25) is 0 Å². The van der Waals surface area contributed by atoms with Crippen LogP contribution in [0.15, 0.2) is 69.0 Å². The van der Waals surface area contributed by atoms with Crippen molar-refractivity contribution < 1.29 is 0 Å². The molecule has 0 saturated carbocycles. The molecule has 0 atom stereocenters. The lowest BCUT2D eigenvalue weighted by molar-refractivity contribution is 0.656. The number of benzene rings is 2. The monoisotopic (exact) mass is 496 g/mol. The second-order valence-electron chi connectivity index (χ2n) is 7.58. The number of fused-ring (bicyclic) bond motifs is 3. The molecule has 0 spiro atoms. The molecule has 0 unspecified atom stereocenters. The van der Waals surface area contributed by atoms with Gasteiger partial charge in [-0.15, -0.1) is 11.3 Å². The fourth-order valence-corrected chi connectivity index (χ4v) is 6.49. The van der Waals surface area contributed by atoms with Gasteiger partial charge in [0.1, 0.15) is 4.83 Å². The maximum absolute atomic E-state index is 13.7. The van der Waals surface area contributed by atoms with Crippen molar-refractivity contribution in [3.05, 3.63) is 91.0 Å². The van der Waals surface area contributed by atoms with Crippen molar-refractivity contribution >= 4 is 49.2 Å². The fraction of sp³-hybridized carbons (Fsp3) is 0.250. The third kappa shape index (κ3) is 4.01. The summed E-state index contributed by atoms with van der Waals surface area (Å²) in [4.78, 5) is 20.9. The maximum Gasteiger partial charge on any atom is 0.263 e. The molecule has 0 aliphatic heterocycles. The summed E-state index contributed by atoms with van der Waals surface area (Å²) in [5, 5.41) is 1.66. The Morgan fingerprint density at radius 3 is 2.57 bits per heavy atom. The number of hydrogen-bond donors (Lipinski definition) is 0. The molecular weight excluding hydrogens is 476 g/mol. The smallest absolute Gasteiger partial charge is 0.263 e. The average Bonchev–Trinajstić information content (AvgIpc) is 3.15. The van der Waals surface area contributed by atoms with Crippen LogP contribution >= 0.6 is 39.0 Å². The number of rotatable bonds is 5. The lowest BCUT2D eigenvalue weighted by Gasteiger charge is -2.14. The van der Waals surface area contributed by atoms with Gasteiger partial charge in [0.05, 0.1) is 11.9 Å². The molecule has 0 N–H and O–H groups in total. The van der Waals surface area contributed by atoms with E-state index >= 15 is 0 Å². The van der Waals surface area contributed by atoms with E-state index in [-0.39, 0.29) is 5.56 Å². The van der Waals surface area contributed by atoms with Crippen LogP contribution in [0.4, 0.5) is 0 Å². The molecule has 0 saturated heterocycles. The Morgan fingerprint density at radius 1 is 1.00 bits per heavy atom. The SMILES string of the molecule is O=c1c2c3c(sc2nc(SCc2ccc(Br)cc2)n1Cc1ccccc1)CCCC3. The van der Waals surface area contributed by atoms with Gasteiger partial charge in [0.15, 0.2) is 5.16 Å². The standard InChI is InChI=1S/C24H21BrN2OS2/c25-18-12-10-17(11-13-18)15-29-24-26-22-21(19-8-4-5-9-20(19)30-22)23(28)27(24)14-16-6-2-1-3-7-16/h1-3,6-7,10-13H,4-5,8-9,14-15H2. The zero-order valence-corrected chi connectivity index (χ0v) is 19.7. The van der Waals surface area contributed by atoms with Crippen LogP contribution in [0.2, 0.25) is 0 Å². The van der Waals surface area contributed by atoms with Crippen LogP contribution in [0.1, 0.15) is 34.4 Å². The van der Waals surface area contributed by atoms with Crippen LogP contribution in [0.5, 0.6) is 0 Å². The Hall–Kier alpha value is -1.89. The van der Waals surface area contributed by atoms with E-state index in [9.17, 15) is 4.79 Å². The molecule has 4 aromatic rings. The third-order valence-corrected chi connectivity index (χ3v) is 8.27. The topological polar surface area (TPSA) is 34.9 Å². The molecule has 2 heterocycles. The van der Waals surface area contributed by atoms with Crippen molar-refractivity contribution in [3.63, 3.8) is 0 Å². The minimum atomic E-state index is 0.113. The van der Waals surface area contributed by atoms with Crippen LogP contribution in [-0.2, 0) is 25.1 Å². The van der Waals surface area contributed by atoms with Crippen LogP contribution < -0.4 is 5.56 Å². The third-order valence-electron chi connectivity index (χ3n) is 5.50. The minimum Gasteiger partial charge on any atom is -0.283 e. The molecule has 0 bridgehead atoms. The summed E-state index contributed by atoms with van der Waals surface area (Å²) in [6, 6.07) is 18.5. The van der Waals surface area contributed by atoms with Crippen molar-refractivity contribution in [2.24, 2.45) is 0 Å². The van der Waals surface area contributed by atoms with Crippen molar-refractivity contribution in [1.29, 1.82) is 0 Å². The molecule has 0 radical (unpaired) electrons. The van der Waals surface area contributed by atoms with E-state index < -0.39 is 0 Å². The number of thiophene rings is 1. The molecular formula is C24H21BrN2OS2. The van der Waals surface area contributed by atoms with Gasteiger partial charge in [0.25, 0.3) is 5.56 Å². The molecule has 2 aromatic heterocycles. The molecule has 152 valence electrons. The van der Waals surface area contributed by atoms with E-state index in [1.54, 1.807) is 23.1 Å². The summed E-state index contributed by atoms with van der Waals surface area (Å²) in [5.41, 5.74) is 3.70. The van der Waals surface area contributed by atoms with Gasteiger partial charge in [-0.3, -0.25) is 9.36 Å². The lowest BCUT2D eigenvalue weighted by atomic mass is 9.97. The Kier molecular flexibility index (Phi) is 5.81. The van der Waals surface area contributed by atoms with E-state index in [0.29, 0.717) is 6.54 Å². The highest BCUT2D eigenvalue weighted by Gasteiger charge is 2.22. The summed E-state index contributed by atoms with van der Waals surface area (Å²) in [6.07, 6.45) is 4.46. The summed E-state index contributed by atoms with van der Waals surface area (Å²) in [5.74, 6) is 0.783. The molecule has 0 amide bonds. The van der Waals surface area contributed by atoms with E-state index in [4.69, 9.17) is 4.98 Å². The lowest BCUT2D eigenvalue weighted by Crippen LogP contribution is -2.24. The van der Waals surface area contributed by atoms with Crippen LogP contribution in [0.25, 0.3) is 10.2 Å². The second kappa shape index (κ2) is 8.69. The van der Waals surface area contributed by atoms with Gasteiger partial charge in [-0.05, 0) is 54.5 Å². The molecule has 5 rings (SSSR count). The number of aromatic nitrogens is 2. The van der Waals surface area contributed by atoms with Crippen molar-refractivity contribution in [3.8, 4) is 0 Å². The first kappa shape index (κ1) is 20.0. The molecule has 1 aliphatic carbocycles. The van der Waals surface area contributed by atoms with Gasteiger partial charge < -0.3 is 0 Å². The predicted molar refractivity (Wildman–Crippen MR) is 130 cm³/mol. The quantitative estimate of drug-likeness (QED) is 0.235. The summed E-state index contributed by atoms with van der Waals surface area (Å²) >= 11 is 6.86. The number of thioether (sulfide) groups is 1. The summed E-state index contributed by atoms with van der Waals surface area (Å²) in [7, 11) is 0. The first-order valence-electron chi connectivity index (χ1n) is 10.2. The Bertz CT molecular complexity index is 1250. The molecule has 2 aromatic carbocycles. The Balaban J connectivity index is 1.58. The molecule has 0 fully saturated rings. The van der Waals surface area contributed by atoms with E-state index in [1.165, 1.54) is 22.4 Å². The van der Waals surface area contributed by atoms with Crippen molar-refractivity contribution in [1.82, 2.24) is 9.55 Å². The highest BCUT2D eigenvalue weighted by atomic mass is 79.9. The van der Waals surface area contributed by atoms with Crippen LogP contribution in [0.3, 0.4) is 0 Å². The van der Waals surface area contributed by atoms with Gasteiger partial charge >= 0.3 is 0 Å². The number of nitrogens with zero attached hydrogens (tertiary/aromatic N) is 2. The summed E-state index contributed by atoms with van der Waals surface area (Å²) in [6.45, 7) is 0.551. The number of aryl methyl sites for hydroxylation is 2. The normalized spacial score (nSPS) is 13.5. The summed E-state index contributed by atoms with van der Waals surface area (Å²) < 4.78 is 2.95. The van der Waals surface area contributed by atoms with Gasteiger partial charge in [-0.2, -0.15) is 0 Å². The van der Waals surface area contributed by atoms with E-state index in [1.807, 2.05) is 22.8 Å². The zero-order valence-electron chi connectivity index (χ0n) is 16.4. The van der Waals surface area contributed by atoms with Crippen molar-refractivity contribution in [2.45, 2.75) is 43.1 Å². The largest absolute Gasteiger partial charge is 0.283 e. The molecule has 6 heteroatoms. The number of halogens is 1. The second-order valence-corrected chi connectivity index (χ2v) is 10.5. The van der Waals surface area contributed by atoms with Crippen LogP contribution in [0, 0.1) is 0 Å². The Morgan fingerprint density at radius 2 is 1.77 bits per heavy atom. The van der Waals surface area contributed by atoms with Gasteiger partial charge in [-0.25, -0.2) is 4.98 Å². The Labute approximate surface area is 192 Å². The first-order valence-corrected chi connectivity index (χ1v) is 12.7. The maximum atomic E-state index is 13.7. The zero-order chi connectivity index (χ0) is 20.5. The molecule has 30 heavy (non-hydrogen) atoms. The highest BCUT2D eigenvalue weighted by molar-refractivity contribution is 9.10. The first-order chi connectivity index (χ1) is 14.7. The fourth-order valence-electron chi connectivity index (χ4n) is 3.96. The van der Waals surface area contributed by atoms with Crippen LogP contribution in [-0.4, -0.2) is 9.55 Å². The van der Waals surface area contributed by atoms with E-state index in [2.05, 4.69) is 52.3 Å². The number of hydrogen-bond acceptors (Lipinski definition) is 4. The minimum absolute atomic E-state index is 0.113. The van der Waals surface area contributed by atoms with E-state index in [0.717, 1.165) is 50.4 Å². The molecule has 3 nitrogen and oxygen atoms in total. The van der Waals surface area contributed by atoms with Gasteiger partial charge in [-0.1, -0.05) is 70.2 Å². The van der Waals surface area contributed by atoms with Crippen molar-refractivity contribution in [2.75, 3.05) is 0 Å². The molecule has 1 aliphatic rings. The van der Waals surface area contributed by atoms with Gasteiger partial charge in [0, 0.05) is 15.1 Å².